The molecule has 1 aromatic rings. The summed E-state index contributed by atoms with van der Waals surface area (Å²) < 4.78 is 5.33. The van der Waals surface area contributed by atoms with Crippen LogP contribution in [0.4, 0.5) is 10.6 Å². The Hall–Kier alpha value is -2.35. The minimum atomic E-state index is -1.09. The van der Waals surface area contributed by atoms with Crippen LogP contribution in [0.2, 0.25) is 0 Å². The van der Waals surface area contributed by atoms with Crippen LogP contribution in [-0.4, -0.2) is 40.8 Å². The molecule has 20 heavy (non-hydrogen) atoms. The first-order chi connectivity index (χ1) is 9.65. The summed E-state index contributed by atoms with van der Waals surface area (Å²) in [5.74, 6) is 0.157. The van der Waals surface area contributed by atoms with E-state index in [1.54, 1.807) is 24.4 Å². The van der Waals surface area contributed by atoms with Gasteiger partial charge in [0.15, 0.2) is 0 Å². The number of carboxylic acid groups (broad SMARTS) is 1. The fraction of sp³-hybridized carbons (Fsp3) is 0.417. The van der Waals surface area contributed by atoms with E-state index in [0.29, 0.717) is 25.3 Å². The van der Waals surface area contributed by atoms with Gasteiger partial charge in [-0.25, -0.2) is 9.78 Å². The Kier molecular flexibility index (Phi) is 4.72. The Morgan fingerprint density at radius 3 is 2.95 bits per heavy atom. The van der Waals surface area contributed by atoms with E-state index in [9.17, 15) is 9.59 Å². The van der Waals surface area contributed by atoms with Gasteiger partial charge in [0.1, 0.15) is 11.9 Å². The quantitative estimate of drug-likeness (QED) is 0.592. The minimum Gasteiger partial charge on any atom is -0.465 e. The highest BCUT2D eigenvalue weighted by Crippen LogP contribution is 2.14. The highest BCUT2D eigenvalue weighted by Gasteiger charge is 2.28. The lowest BCUT2D eigenvalue weighted by Crippen LogP contribution is -2.48. The van der Waals surface area contributed by atoms with Gasteiger partial charge in [0.25, 0.3) is 5.91 Å². The molecule has 1 saturated heterocycles. The Labute approximate surface area is 115 Å². The van der Waals surface area contributed by atoms with Gasteiger partial charge < -0.3 is 15.2 Å². The molecule has 2 unspecified atom stereocenters. The van der Waals surface area contributed by atoms with E-state index in [0.717, 1.165) is 0 Å². The van der Waals surface area contributed by atoms with Crippen molar-refractivity contribution in [2.45, 2.75) is 25.0 Å². The van der Waals surface area contributed by atoms with Crippen molar-refractivity contribution in [2.75, 3.05) is 12.0 Å². The number of nitrogens with one attached hydrogen (secondary N) is 3. The molecule has 0 saturated carbocycles. The second-order valence-electron chi connectivity index (χ2n) is 4.36. The largest absolute Gasteiger partial charge is 0.465 e. The van der Waals surface area contributed by atoms with Crippen molar-refractivity contribution in [1.29, 1.82) is 0 Å². The molecule has 4 N–H and O–H groups in total. The number of amides is 2. The van der Waals surface area contributed by atoms with Crippen molar-refractivity contribution in [3.63, 3.8) is 0 Å². The summed E-state index contributed by atoms with van der Waals surface area (Å²) in [7, 11) is 0. The van der Waals surface area contributed by atoms with Crippen molar-refractivity contribution in [2.24, 2.45) is 0 Å². The first kappa shape index (κ1) is 14.1. The Balaban J connectivity index is 1.81. The maximum atomic E-state index is 11.9. The molecule has 1 fully saturated rings. The molecule has 8 nitrogen and oxygen atoms in total. The van der Waals surface area contributed by atoms with E-state index in [2.05, 4.69) is 21.2 Å². The van der Waals surface area contributed by atoms with Crippen LogP contribution in [0.25, 0.3) is 0 Å². The third-order valence-corrected chi connectivity index (χ3v) is 2.88. The van der Waals surface area contributed by atoms with Crippen LogP contribution in [0, 0.1) is 0 Å². The number of nitrogens with zero attached hydrogens (tertiary/aromatic N) is 1. The molecule has 1 aliphatic rings. The molecule has 2 rings (SSSR count). The second-order valence-corrected chi connectivity index (χ2v) is 4.36. The molecule has 2 amide bonds. The molecule has 0 aliphatic carbocycles. The first-order valence-electron chi connectivity index (χ1n) is 6.23. The zero-order valence-electron chi connectivity index (χ0n) is 10.7. The smallest absolute Gasteiger partial charge is 0.404 e. The van der Waals surface area contributed by atoms with Crippen molar-refractivity contribution < 1.29 is 19.4 Å². The number of carbonyl (C=O) groups excluding carboxylic acids is 1. The van der Waals surface area contributed by atoms with E-state index in [1.165, 1.54) is 0 Å². The molecule has 1 aliphatic heterocycles. The predicted octanol–water partition coefficient (Wildman–Crippen LogP) is 0.340. The van der Waals surface area contributed by atoms with E-state index in [-0.39, 0.29) is 11.9 Å². The number of rotatable bonds is 4. The maximum absolute atomic E-state index is 11.9. The number of carbonyl (C=O) groups is 2. The summed E-state index contributed by atoms with van der Waals surface area (Å²) in [4.78, 5) is 26.5. The fourth-order valence-corrected chi connectivity index (χ4v) is 1.93. The number of hydrogen-bond donors (Lipinski definition) is 4. The Bertz CT molecular complexity index is 468. The molecular formula is C12H16N4O4. The van der Waals surface area contributed by atoms with Crippen LogP contribution in [0.5, 0.6) is 0 Å². The molecule has 2 atom stereocenters. The van der Waals surface area contributed by atoms with Crippen molar-refractivity contribution in [3.05, 3.63) is 24.4 Å². The van der Waals surface area contributed by atoms with Crippen LogP contribution in [0.3, 0.4) is 0 Å². The van der Waals surface area contributed by atoms with Gasteiger partial charge in [-0.2, -0.15) is 0 Å². The van der Waals surface area contributed by atoms with Gasteiger partial charge in [-0.1, -0.05) is 6.07 Å². The average Bonchev–Trinajstić information content (AvgIpc) is 2.45. The summed E-state index contributed by atoms with van der Waals surface area (Å²) in [5.41, 5.74) is 5.16. The molecule has 2 heterocycles. The number of anilines is 1. The van der Waals surface area contributed by atoms with Crippen LogP contribution in [-0.2, 0) is 9.53 Å². The van der Waals surface area contributed by atoms with Crippen molar-refractivity contribution in [3.8, 4) is 0 Å². The van der Waals surface area contributed by atoms with E-state index < -0.39 is 12.2 Å². The highest BCUT2D eigenvalue weighted by molar-refractivity contribution is 5.82. The molecule has 8 heteroatoms. The average molecular weight is 280 g/mol. The van der Waals surface area contributed by atoms with Crippen LogP contribution >= 0.6 is 0 Å². The lowest BCUT2D eigenvalue weighted by atomic mass is 10.0. The third kappa shape index (κ3) is 4.09. The molecule has 0 radical (unpaired) electrons. The number of ether oxygens (including phenoxy) is 1. The maximum Gasteiger partial charge on any atom is 0.404 e. The summed E-state index contributed by atoms with van der Waals surface area (Å²) in [6, 6.07) is 4.98. The van der Waals surface area contributed by atoms with E-state index in [1.807, 2.05) is 0 Å². The molecule has 0 spiro atoms. The van der Waals surface area contributed by atoms with Crippen molar-refractivity contribution in [1.82, 2.24) is 15.7 Å². The predicted molar refractivity (Wildman–Crippen MR) is 69.9 cm³/mol. The molecule has 108 valence electrons. The summed E-state index contributed by atoms with van der Waals surface area (Å²) in [6.45, 7) is 0.340. The van der Waals surface area contributed by atoms with Gasteiger partial charge in [0, 0.05) is 25.3 Å². The third-order valence-electron chi connectivity index (χ3n) is 2.88. The molecule has 0 aromatic carbocycles. The van der Waals surface area contributed by atoms with Crippen LogP contribution in [0.15, 0.2) is 24.4 Å². The number of aromatic nitrogens is 1. The normalized spacial score (nSPS) is 21.8. The zero-order chi connectivity index (χ0) is 14.4. The lowest BCUT2D eigenvalue weighted by Gasteiger charge is -2.28. The van der Waals surface area contributed by atoms with E-state index >= 15 is 0 Å². The van der Waals surface area contributed by atoms with Crippen molar-refractivity contribution >= 4 is 17.8 Å². The molecule has 0 bridgehead atoms. The standard InChI is InChI=1S/C12H16N4O4/c17-11(16-15-10-3-1-2-5-13-10)9-7-8(4-6-20-9)14-12(18)19/h1-3,5,8-9,14H,4,6-7H2,(H,13,15)(H,16,17)(H,18,19). The summed E-state index contributed by atoms with van der Waals surface area (Å²) >= 11 is 0. The van der Waals surface area contributed by atoms with Gasteiger partial charge in [-0.15, -0.1) is 0 Å². The number of hydrazine groups is 1. The first-order valence-corrected chi connectivity index (χ1v) is 6.23. The van der Waals surface area contributed by atoms with E-state index in [4.69, 9.17) is 9.84 Å². The zero-order valence-corrected chi connectivity index (χ0v) is 10.7. The van der Waals surface area contributed by atoms with Gasteiger partial charge in [0.2, 0.25) is 0 Å². The van der Waals surface area contributed by atoms with Crippen LogP contribution < -0.4 is 16.2 Å². The monoisotopic (exact) mass is 280 g/mol. The topological polar surface area (TPSA) is 113 Å². The lowest BCUT2D eigenvalue weighted by molar-refractivity contribution is -0.135. The Morgan fingerprint density at radius 2 is 2.25 bits per heavy atom. The Morgan fingerprint density at radius 1 is 1.40 bits per heavy atom. The van der Waals surface area contributed by atoms with Gasteiger partial charge >= 0.3 is 6.09 Å². The molecule has 1 aromatic heterocycles. The summed E-state index contributed by atoms with van der Waals surface area (Å²) in [6.07, 6.45) is 0.684. The summed E-state index contributed by atoms with van der Waals surface area (Å²) in [5, 5.41) is 11.0. The van der Waals surface area contributed by atoms with Crippen LogP contribution in [0.1, 0.15) is 12.8 Å². The van der Waals surface area contributed by atoms with Gasteiger partial charge in [-0.3, -0.25) is 15.6 Å². The second kappa shape index (κ2) is 6.71. The fourth-order valence-electron chi connectivity index (χ4n) is 1.93. The number of hydrogen-bond acceptors (Lipinski definition) is 5. The van der Waals surface area contributed by atoms with Gasteiger partial charge in [-0.05, 0) is 18.6 Å². The van der Waals surface area contributed by atoms with Gasteiger partial charge in [0.05, 0.1) is 0 Å². The molecular weight excluding hydrogens is 264 g/mol. The number of pyridine rings is 1. The SMILES string of the molecule is O=C(O)NC1CCOC(C(=O)NNc2ccccn2)C1. The minimum absolute atomic E-state index is 0.271. The highest BCUT2D eigenvalue weighted by atomic mass is 16.5.